The molecule has 20 heavy (non-hydrogen) atoms. The van der Waals surface area contributed by atoms with Crippen LogP contribution >= 0.6 is 24.0 Å². The fraction of sp³-hybridized carbons (Fsp3) is 0.143. The van der Waals surface area contributed by atoms with Crippen LogP contribution in [-0.4, -0.2) is 28.5 Å². The van der Waals surface area contributed by atoms with E-state index < -0.39 is 0 Å². The summed E-state index contributed by atoms with van der Waals surface area (Å²) >= 11 is 6.49. The number of thiocarbonyl (C=S) groups is 1. The molecule has 2 aliphatic rings. The van der Waals surface area contributed by atoms with Crippen molar-refractivity contribution in [3.05, 3.63) is 41.3 Å². The molecule has 2 heterocycles. The third-order valence-electron chi connectivity index (χ3n) is 2.88. The Labute approximate surface area is 126 Å². The summed E-state index contributed by atoms with van der Waals surface area (Å²) in [6, 6.07) is 5.56. The minimum Gasteiger partial charge on any atom is -0.454 e. The van der Waals surface area contributed by atoms with E-state index in [0.29, 0.717) is 21.5 Å². The summed E-state index contributed by atoms with van der Waals surface area (Å²) in [6.07, 6.45) is 3.47. The molecular weight excluding hydrogens is 294 g/mol. The van der Waals surface area contributed by atoms with Gasteiger partial charge in [0.15, 0.2) is 11.5 Å². The van der Waals surface area contributed by atoms with Gasteiger partial charge in [-0.25, -0.2) is 0 Å². The first kappa shape index (κ1) is 13.2. The van der Waals surface area contributed by atoms with E-state index in [1.807, 2.05) is 24.3 Å². The van der Waals surface area contributed by atoms with Crippen LogP contribution in [0.4, 0.5) is 0 Å². The zero-order valence-corrected chi connectivity index (χ0v) is 12.1. The highest BCUT2D eigenvalue weighted by Gasteiger charge is 2.31. The largest absolute Gasteiger partial charge is 0.454 e. The average Bonchev–Trinajstić information content (AvgIpc) is 2.99. The highest BCUT2D eigenvalue weighted by Crippen LogP contribution is 2.36. The lowest BCUT2D eigenvalue weighted by Gasteiger charge is -2.10. The summed E-state index contributed by atoms with van der Waals surface area (Å²) in [5.41, 5.74) is 0.883. The fourth-order valence-electron chi connectivity index (χ4n) is 1.94. The van der Waals surface area contributed by atoms with Crippen molar-refractivity contribution in [3.63, 3.8) is 0 Å². The lowest BCUT2D eigenvalue weighted by molar-refractivity contribution is -0.121. The number of thioether (sulfide) groups is 1. The maximum Gasteiger partial charge on any atom is 0.266 e. The van der Waals surface area contributed by atoms with Gasteiger partial charge < -0.3 is 9.47 Å². The average molecular weight is 305 g/mol. The van der Waals surface area contributed by atoms with E-state index >= 15 is 0 Å². The van der Waals surface area contributed by atoms with Gasteiger partial charge in [-0.3, -0.25) is 9.69 Å². The van der Waals surface area contributed by atoms with Gasteiger partial charge in [0, 0.05) is 6.54 Å². The molecule has 0 saturated carbocycles. The molecular formula is C14H11NO3S2. The minimum atomic E-state index is -0.0856. The number of benzene rings is 1. The van der Waals surface area contributed by atoms with Crippen LogP contribution < -0.4 is 9.47 Å². The molecule has 1 aromatic carbocycles. The second kappa shape index (κ2) is 5.30. The number of fused-ring (bicyclic) bond motifs is 1. The van der Waals surface area contributed by atoms with Crippen LogP contribution in [0.25, 0.3) is 6.08 Å². The molecule has 0 aromatic heterocycles. The summed E-state index contributed by atoms with van der Waals surface area (Å²) in [5.74, 6) is 1.33. The minimum absolute atomic E-state index is 0.0856. The normalized spacial score (nSPS) is 19.0. The standard InChI is InChI=1S/C14H11NO3S2/c1-2-5-15-13(16)12(20-14(15)19)7-9-3-4-10-11(6-9)18-8-17-10/h2-4,6-7H,1,5,8H2/b12-7-. The van der Waals surface area contributed by atoms with Gasteiger partial charge in [0.25, 0.3) is 5.91 Å². The van der Waals surface area contributed by atoms with Crippen LogP contribution in [0.5, 0.6) is 11.5 Å². The molecule has 2 aliphatic heterocycles. The van der Waals surface area contributed by atoms with Crippen LogP contribution in [0.1, 0.15) is 5.56 Å². The summed E-state index contributed by atoms with van der Waals surface area (Å²) in [5, 5.41) is 0. The Kier molecular flexibility index (Phi) is 3.50. The van der Waals surface area contributed by atoms with E-state index in [9.17, 15) is 4.79 Å². The topological polar surface area (TPSA) is 38.8 Å². The summed E-state index contributed by atoms with van der Waals surface area (Å²) in [4.78, 5) is 14.3. The quantitative estimate of drug-likeness (QED) is 0.488. The maximum absolute atomic E-state index is 12.2. The highest BCUT2D eigenvalue weighted by atomic mass is 32.2. The molecule has 0 radical (unpaired) electrons. The molecule has 0 unspecified atom stereocenters. The van der Waals surface area contributed by atoms with E-state index in [-0.39, 0.29) is 12.7 Å². The smallest absolute Gasteiger partial charge is 0.266 e. The first-order valence-corrected chi connectivity index (χ1v) is 7.17. The number of nitrogens with zero attached hydrogens (tertiary/aromatic N) is 1. The van der Waals surface area contributed by atoms with Crippen molar-refractivity contribution in [2.75, 3.05) is 13.3 Å². The Morgan fingerprint density at radius 2 is 2.20 bits per heavy atom. The number of hydrogen-bond donors (Lipinski definition) is 0. The molecule has 1 aromatic rings. The van der Waals surface area contributed by atoms with Gasteiger partial charge in [-0.2, -0.15) is 0 Å². The molecule has 6 heteroatoms. The number of ether oxygens (including phenoxy) is 2. The molecule has 1 fully saturated rings. The van der Waals surface area contributed by atoms with Crippen molar-refractivity contribution >= 4 is 40.3 Å². The van der Waals surface area contributed by atoms with Crippen molar-refractivity contribution in [3.8, 4) is 11.5 Å². The van der Waals surface area contributed by atoms with Gasteiger partial charge in [-0.15, -0.1) is 6.58 Å². The Bertz CT molecular complexity index is 639. The maximum atomic E-state index is 12.2. The molecule has 0 atom stereocenters. The van der Waals surface area contributed by atoms with Crippen molar-refractivity contribution in [2.24, 2.45) is 0 Å². The molecule has 0 spiro atoms. The number of carbonyl (C=O) groups is 1. The van der Waals surface area contributed by atoms with Gasteiger partial charge in [-0.05, 0) is 23.8 Å². The van der Waals surface area contributed by atoms with E-state index in [1.165, 1.54) is 16.7 Å². The van der Waals surface area contributed by atoms with E-state index in [1.54, 1.807) is 6.08 Å². The molecule has 1 amide bonds. The van der Waals surface area contributed by atoms with Gasteiger partial charge >= 0.3 is 0 Å². The molecule has 3 rings (SSSR count). The molecule has 4 nitrogen and oxygen atoms in total. The molecule has 0 N–H and O–H groups in total. The second-order valence-corrected chi connectivity index (χ2v) is 5.87. The molecule has 0 bridgehead atoms. The Balaban J connectivity index is 1.87. The van der Waals surface area contributed by atoms with Crippen LogP contribution in [0.3, 0.4) is 0 Å². The van der Waals surface area contributed by atoms with Crippen LogP contribution in [0.2, 0.25) is 0 Å². The van der Waals surface area contributed by atoms with Crippen molar-refractivity contribution in [1.29, 1.82) is 0 Å². The fourth-order valence-corrected chi connectivity index (χ4v) is 3.22. The summed E-state index contributed by atoms with van der Waals surface area (Å²) in [6.45, 7) is 4.30. The van der Waals surface area contributed by atoms with Crippen LogP contribution in [0, 0.1) is 0 Å². The van der Waals surface area contributed by atoms with Gasteiger partial charge in [0.1, 0.15) is 4.32 Å². The predicted octanol–water partition coefficient (Wildman–Crippen LogP) is 2.80. The van der Waals surface area contributed by atoms with E-state index in [0.717, 1.165) is 11.3 Å². The lowest BCUT2D eigenvalue weighted by Crippen LogP contribution is -2.27. The van der Waals surface area contributed by atoms with Crippen LogP contribution in [-0.2, 0) is 4.79 Å². The Morgan fingerprint density at radius 3 is 3.00 bits per heavy atom. The monoisotopic (exact) mass is 305 g/mol. The summed E-state index contributed by atoms with van der Waals surface area (Å²) in [7, 11) is 0. The zero-order valence-electron chi connectivity index (χ0n) is 10.5. The Hall–Kier alpha value is -1.79. The lowest BCUT2D eigenvalue weighted by atomic mass is 10.2. The molecule has 0 aliphatic carbocycles. The first-order chi connectivity index (χ1) is 9.69. The summed E-state index contributed by atoms with van der Waals surface area (Å²) < 4.78 is 11.1. The second-order valence-electron chi connectivity index (χ2n) is 4.19. The molecule has 102 valence electrons. The number of carbonyl (C=O) groups excluding carboxylic acids is 1. The first-order valence-electron chi connectivity index (χ1n) is 5.95. The SMILES string of the molecule is C=CCN1C(=O)/C(=C/c2ccc3c(c2)OCO3)SC1=S. The number of rotatable bonds is 3. The zero-order chi connectivity index (χ0) is 14.1. The van der Waals surface area contributed by atoms with Crippen molar-refractivity contribution < 1.29 is 14.3 Å². The van der Waals surface area contributed by atoms with Gasteiger partial charge in [-0.1, -0.05) is 36.1 Å². The van der Waals surface area contributed by atoms with Crippen LogP contribution in [0.15, 0.2) is 35.8 Å². The molecule has 1 saturated heterocycles. The Morgan fingerprint density at radius 1 is 1.40 bits per heavy atom. The third-order valence-corrected chi connectivity index (χ3v) is 4.26. The van der Waals surface area contributed by atoms with E-state index in [2.05, 4.69) is 6.58 Å². The van der Waals surface area contributed by atoms with Gasteiger partial charge in [0.05, 0.1) is 4.91 Å². The highest BCUT2D eigenvalue weighted by molar-refractivity contribution is 8.26. The predicted molar refractivity (Wildman–Crippen MR) is 82.6 cm³/mol. The van der Waals surface area contributed by atoms with E-state index in [4.69, 9.17) is 21.7 Å². The van der Waals surface area contributed by atoms with Crippen molar-refractivity contribution in [2.45, 2.75) is 0 Å². The third kappa shape index (κ3) is 2.32. The number of amides is 1. The van der Waals surface area contributed by atoms with Crippen molar-refractivity contribution in [1.82, 2.24) is 4.90 Å². The number of hydrogen-bond acceptors (Lipinski definition) is 5. The van der Waals surface area contributed by atoms with Gasteiger partial charge in [0.2, 0.25) is 6.79 Å².